The zero-order valence-corrected chi connectivity index (χ0v) is 19.9. The van der Waals surface area contributed by atoms with E-state index >= 15 is 0 Å². The van der Waals surface area contributed by atoms with Crippen molar-refractivity contribution >= 4 is 35.3 Å². The summed E-state index contributed by atoms with van der Waals surface area (Å²) in [6.45, 7) is 9.66. The Balaban J connectivity index is 2.09. The van der Waals surface area contributed by atoms with Gasteiger partial charge in [-0.1, -0.05) is 31.5 Å². The molecule has 8 heteroatoms. The summed E-state index contributed by atoms with van der Waals surface area (Å²) >= 11 is 5.95. The van der Waals surface area contributed by atoms with Crippen molar-refractivity contribution in [3.8, 4) is 5.75 Å². The molecule has 0 bridgehead atoms. The first-order valence-electron chi connectivity index (χ1n) is 10.6. The maximum atomic E-state index is 12.7. The molecule has 2 rings (SSSR count). The topological polar surface area (TPSA) is 83.0 Å². The van der Waals surface area contributed by atoms with Crippen LogP contribution in [-0.4, -0.2) is 44.3 Å². The molecule has 2 aromatic carbocycles. The Hall–Kier alpha value is -3.06. The van der Waals surface area contributed by atoms with Gasteiger partial charge in [-0.25, -0.2) is 5.43 Å². The van der Waals surface area contributed by atoms with Crippen molar-refractivity contribution in [1.29, 1.82) is 0 Å². The molecule has 0 aliphatic rings. The van der Waals surface area contributed by atoms with Crippen LogP contribution in [0.2, 0.25) is 5.02 Å². The molecule has 1 unspecified atom stereocenters. The SMILES string of the molecule is CCN(CC)c1ccc(C=NNC(=O)C(NC(=O)c2cccc(Cl)c2)C(C)C)c(OC)c1. The summed E-state index contributed by atoms with van der Waals surface area (Å²) in [5, 5.41) is 7.27. The van der Waals surface area contributed by atoms with Crippen molar-refractivity contribution < 1.29 is 14.3 Å². The van der Waals surface area contributed by atoms with E-state index in [0.717, 1.165) is 24.3 Å². The van der Waals surface area contributed by atoms with Crippen molar-refractivity contribution in [3.63, 3.8) is 0 Å². The first-order chi connectivity index (χ1) is 15.3. The van der Waals surface area contributed by atoms with Crippen LogP contribution in [0, 0.1) is 5.92 Å². The van der Waals surface area contributed by atoms with Crippen LogP contribution < -0.4 is 20.4 Å². The van der Waals surface area contributed by atoms with E-state index in [1.165, 1.54) is 6.21 Å². The van der Waals surface area contributed by atoms with Gasteiger partial charge in [-0.05, 0) is 50.1 Å². The monoisotopic (exact) mass is 458 g/mol. The smallest absolute Gasteiger partial charge is 0.262 e. The number of anilines is 1. The van der Waals surface area contributed by atoms with E-state index in [9.17, 15) is 9.59 Å². The molecule has 0 aliphatic heterocycles. The third-order valence-corrected chi connectivity index (χ3v) is 5.28. The number of methoxy groups -OCH3 is 1. The van der Waals surface area contributed by atoms with E-state index in [-0.39, 0.29) is 11.8 Å². The van der Waals surface area contributed by atoms with Crippen LogP contribution in [0.25, 0.3) is 0 Å². The molecule has 7 nitrogen and oxygen atoms in total. The van der Waals surface area contributed by atoms with Gasteiger partial charge >= 0.3 is 0 Å². The molecule has 0 heterocycles. The predicted molar refractivity (Wildman–Crippen MR) is 130 cm³/mol. The fraction of sp³-hybridized carbons (Fsp3) is 0.375. The number of amides is 2. The molecule has 2 N–H and O–H groups in total. The molecule has 0 saturated heterocycles. The quantitative estimate of drug-likeness (QED) is 0.414. The van der Waals surface area contributed by atoms with Crippen molar-refractivity contribution in [1.82, 2.24) is 10.7 Å². The predicted octanol–water partition coefficient (Wildman–Crippen LogP) is 4.10. The molecule has 2 amide bonds. The number of rotatable bonds is 10. The molecule has 2 aromatic rings. The summed E-state index contributed by atoms with van der Waals surface area (Å²) < 4.78 is 5.48. The highest BCUT2D eigenvalue weighted by atomic mass is 35.5. The molecule has 0 spiro atoms. The van der Waals surface area contributed by atoms with Crippen LogP contribution in [-0.2, 0) is 4.79 Å². The third-order valence-electron chi connectivity index (χ3n) is 5.05. The lowest BCUT2D eigenvalue weighted by Gasteiger charge is -2.22. The van der Waals surface area contributed by atoms with Crippen molar-refractivity contribution in [2.24, 2.45) is 11.0 Å². The van der Waals surface area contributed by atoms with Gasteiger partial charge in [0.1, 0.15) is 11.8 Å². The summed E-state index contributed by atoms with van der Waals surface area (Å²) in [5.41, 5.74) is 4.68. The summed E-state index contributed by atoms with van der Waals surface area (Å²) in [4.78, 5) is 27.4. The Morgan fingerprint density at radius 2 is 1.88 bits per heavy atom. The minimum absolute atomic E-state index is 0.142. The average Bonchev–Trinajstić information content (AvgIpc) is 2.78. The number of hydrogen-bond donors (Lipinski definition) is 2. The number of nitrogens with zero attached hydrogens (tertiary/aromatic N) is 2. The number of carbonyl (C=O) groups excluding carboxylic acids is 2. The molecule has 0 fully saturated rings. The molecule has 32 heavy (non-hydrogen) atoms. The van der Waals surface area contributed by atoms with Gasteiger partial charge in [0.05, 0.1) is 13.3 Å². The molecule has 0 saturated carbocycles. The third kappa shape index (κ3) is 6.72. The summed E-state index contributed by atoms with van der Waals surface area (Å²) in [7, 11) is 1.59. The molecular weight excluding hydrogens is 428 g/mol. The minimum atomic E-state index is -0.759. The van der Waals surface area contributed by atoms with E-state index < -0.39 is 11.9 Å². The van der Waals surface area contributed by atoms with Gasteiger partial charge in [0, 0.05) is 41.0 Å². The fourth-order valence-corrected chi connectivity index (χ4v) is 3.41. The second-order valence-electron chi connectivity index (χ2n) is 7.54. The van der Waals surface area contributed by atoms with Gasteiger partial charge in [0.2, 0.25) is 0 Å². The lowest BCUT2D eigenvalue weighted by molar-refractivity contribution is -0.123. The van der Waals surface area contributed by atoms with Gasteiger partial charge in [-0.15, -0.1) is 0 Å². The maximum Gasteiger partial charge on any atom is 0.262 e. The zero-order valence-electron chi connectivity index (χ0n) is 19.2. The normalized spacial score (nSPS) is 12.0. The Bertz CT molecular complexity index is 958. The molecule has 0 aliphatic carbocycles. The van der Waals surface area contributed by atoms with E-state index in [1.54, 1.807) is 31.4 Å². The Labute approximate surface area is 194 Å². The largest absolute Gasteiger partial charge is 0.496 e. The number of nitrogens with one attached hydrogen (secondary N) is 2. The van der Waals surface area contributed by atoms with Gasteiger partial charge in [-0.3, -0.25) is 9.59 Å². The van der Waals surface area contributed by atoms with Gasteiger partial charge in [-0.2, -0.15) is 5.10 Å². The number of carbonyl (C=O) groups is 2. The van der Waals surface area contributed by atoms with E-state index in [2.05, 4.69) is 34.6 Å². The van der Waals surface area contributed by atoms with E-state index in [1.807, 2.05) is 32.0 Å². The van der Waals surface area contributed by atoms with Gasteiger partial charge < -0.3 is 15.0 Å². The molecule has 0 radical (unpaired) electrons. The van der Waals surface area contributed by atoms with Crippen LogP contribution in [0.4, 0.5) is 5.69 Å². The number of benzene rings is 2. The van der Waals surface area contributed by atoms with Crippen LogP contribution in [0.3, 0.4) is 0 Å². The lowest BCUT2D eigenvalue weighted by atomic mass is 10.0. The second-order valence-corrected chi connectivity index (χ2v) is 7.97. The summed E-state index contributed by atoms with van der Waals surface area (Å²) in [5.74, 6) is -0.275. The van der Waals surface area contributed by atoms with E-state index in [4.69, 9.17) is 16.3 Å². The second kappa shape index (κ2) is 12.1. The minimum Gasteiger partial charge on any atom is -0.496 e. The Morgan fingerprint density at radius 1 is 1.16 bits per heavy atom. The first kappa shape index (κ1) is 25.2. The van der Waals surface area contributed by atoms with Crippen molar-refractivity contribution in [3.05, 3.63) is 58.6 Å². The standard InChI is InChI=1S/C24H31ClN4O3/c1-6-29(7-2)20-12-11-18(21(14-20)32-5)15-26-28-24(31)22(16(3)4)27-23(30)17-9-8-10-19(25)13-17/h8-16,22H,6-7H2,1-5H3,(H,27,30)(H,28,31). The van der Waals surface area contributed by atoms with Crippen LogP contribution >= 0.6 is 11.6 Å². The highest BCUT2D eigenvalue weighted by molar-refractivity contribution is 6.31. The number of halogens is 1. The van der Waals surface area contributed by atoms with Gasteiger partial charge in [0.15, 0.2) is 0 Å². The van der Waals surface area contributed by atoms with E-state index in [0.29, 0.717) is 16.3 Å². The number of hydrazone groups is 1. The molecule has 0 aromatic heterocycles. The average molecular weight is 459 g/mol. The lowest BCUT2D eigenvalue weighted by Crippen LogP contribution is -2.48. The highest BCUT2D eigenvalue weighted by Crippen LogP contribution is 2.24. The summed E-state index contributed by atoms with van der Waals surface area (Å²) in [6.07, 6.45) is 1.53. The van der Waals surface area contributed by atoms with Crippen LogP contribution in [0.1, 0.15) is 43.6 Å². The maximum absolute atomic E-state index is 12.7. The molecular formula is C24H31ClN4O3. The first-order valence-corrected chi connectivity index (χ1v) is 11.0. The Morgan fingerprint density at radius 3 is 2.47 bits per heavy atom. The molecule has 172 valence electrons. The van der Waals surface area contributed by atoms with Gasteiger partial charge in [0.25, 0.3) is 11.8 Å². The van der Waals surface area contributed by atoms with Crippen LogP contribution in [0.15, 0.2) is 47.6 Å². The summed E-state index contributed by atoms with van der Waals surface area (Å²) in [6, 6.07) is 11.6. The number of ether oxygens (including phenoxy) is 1. The molecule has 1 atom stereocenters. The number of hydrogen-bond acceptors (Lipinski definition) is 5. The Kier molecular flexibility index (Phi) is 9.53. The van der Waals surface area contributed by atoms with Crippen LogP contribution in [0.5, 0.6) is 5.75 Å². The zero-order chi connectivity index (χ0) is 23.7. The highest BCUT2D eigenvalue weighted by Gasteiger charge is 2.24. The fourth-order valence-electron chi connectivity index (χ4n) is 3.22. The van der Waals surface area contributed by atoms with Crippen molar-refractivity contribution in [2.75, 3.05) is 25.1 Å². The van der Waals surface area contributed by atoms with Crippen molar-refractivity contribution in [2.45, 2.75) is 33.7 Å².